The Bertz CT molecular complexity index is 845. The third-order valence-electron chi connectivity index (χ3n) is 5.28. The molecule has 3 aromatic carbocycles. The molecule has 0 saturated heterocycles. The summed E-state index contributed by atoms with van der Waals surface area (Å²) in [4.78, 5) is 2.33. The molecule has 0 bridgehead atoms. The van der Waals surface area contributed by atoms with Crippen molar-refractivity contribution in [2.45, 2.75) is 73.1 Å². The zero-order valence-electron chi connectivity index (χ0n) is 20.4. The fraction of sp³-hybridized carbons (Fsp3) is 0.379. The summed E-state index contributed by atoms with van der Waals surface area (Å²) in [6, 6.07) is 26.7. The average Bonchev–Trinajstić information content (AvgIpc) is 2.71. The van der Waals surface area contributed by atoms with Crippen LogP contribution in [0.25, 0.3) is 0 Å². The second-order valence-electron chi connectivity index (χ2n) is 9.76. The van der Waals surface area contributed by atoms with Crippen LogP contribution in [0.5, 0.6) is 0 Å². The van der Waals surface area contributed by atoms with E-state index in [1.807, 2.05) is 13.8 Å². The number of rotatable bonds is 3. The Balaban J connectivity index is 0.00000155. The normalized spacial score (nSPS) is 11.5. The highest BCUT2D eigenvalue weighted by atomic mass is 15.1. The van der Waals surface area contributed by atoms with Crippen molar-refractivity contribution in [2.24, 2.45) is 0 Å². The number of aryl methyl sites for hydroxylation is 1. The molecule has 0 amide bonds. The van der Waals surface area contributed by atoms with Crippen LogP contribution in [-0.4, -0.2) is 0 Å². The maximum absolute atomic E-state index is 2.33. The molecule has 0 spiro atoms. The van der Waals surface area contributed by atoms with Gasteiger partial charge in [-0.3, -0.25) is 0 Å². The highest BCUT2D eigenvalue weighted by Crippen LogP contribution is 2.36. The molecule has 0 fully saturated rings. The zero-order valence-corrected chi connectivity index (χ0v) is 20.4. The summed E-state index contributed by atoms with van der Waals surface area (Å²) >= 11 is 0. The molecule has 0 atom stereocenters. The quantitative estimate of drug-likeness (QED) is 0.423. The first-order valence-corrected chi connectivity index (χ1v) is 11.1. The summed E-state index contributed by atoms with van der Waals surface area (Å²) in [5, 5.41) is 0. The van der Waals surface area contributed by atoms with Gasteiger partial charge in [-0.15, -0.1) is 0 Å². The lowest BCUT2D eigenvalue weighted by atomic mass is 9.86. The fourth-order valence-electron chi connectivity index (χ4n) is 3.36. The average molecular weight is 402 g/mol. The van der Waals surface area contributed by atoms with E-state index in [0.717, 1.165) is 0 Å². The Morgan fingerprint density at radius 3 is 1.00 bits per heavy atom. The Labute approximate surface area is 184 Å². The molecule has 1 heteroatoms. The van der Waals surface area contributed by atoms with E-state index in [1.54, 1.807) is 0 Å². The van der Waals surface area contributed by atoms with Gasteiger partial charge in [0.15, 0.2) is 0 Å². The molecule has 30 heavy (non-hydrogen) atoms. The lowest BCUT2D eigenvalue weighted by molar-refractivity contribution is 0.590. The maximum atomic E-state index is 2.33. The third kappa shape index (κ3) is 5.75. The SMILES string of the molecule is CC.Cc1ccc(N(c2ccc(C(C)(C)C)cc2)c2ccc(C(C)(C)C)cc2)cc1. The van der Waals surface area contributed by atoms with Crippen molar-refractivity contribution in [3.05, 3.63) is 89.5 Å². The van der Waals surface area contributed by atoms with Crippen LogP contribution in [0.3, 0.4) is 0 Å². The molecule has 0 aliphatic carbocycles. The van der Waals surface area contributed by atoms with Crippen LogP contribution >= 0.6 is 0 Å². The Kier molecular flexibility index (Phi) is 7.53. The summed E-state index contributed by atoms with van der Waals surface area (Å²) in [6.45, 7) is 19.7. The molecule has 0 heterocycles. The van der Waals surface area contributed by atoms with Gasteiger partial charge in [0, 0.05) is 17.1 Å². The number of nitrogens with zero attached hydrogens (tertiary/aromatic N) is 1. The number of anilines is 3. The molecule has 0 aliphatic heterocycles. The van der Waals surface area contributed by atoms with Crippen molar-refractivity contribution in [3.63, 3.8) is 0 Å². The fourth-order valence-corrected chi connectivity index (χ4v) is 3.36. The van der Waals surface area contributed by atoms with Crippen LogP contribution in [0.4, 0.5) is 17.1 Å². The summed E-state index contributed by atoms with van der Waals surface area (Å²) in [5.41, 5.74) is 7.82. The molecule has 0 saturated carbocycles. The van der Waals surface area contributed by atoms with Crippen molar-refractivity contribution < 1.29 is 0 Å². The summed E-state index contributed by atoms with van der Waals surface area (Å²) in [7, 11) is 0. The van der Waals surface area contributed by atoms with E-state index in [2.05, 4.69) is 126 Å². The highest BCUT2D eigenvalue weighted by Gasteiger charge is 2.18. The van der Waals surface area contributed by atoms with Crippen molar-refractivity contribution in [2.75, 3.05) is 4.90 Å². The van der Waals surface area contributed by atoms with Crippen LogP contribution in [0, 0.1) is 6.92 Å². The Morgan fingerprint density at radius 1 is 0.467 bits per heavy atom. The molecule has 1 nitrogen and oxygen atoms in total. The van der Waals surface area contributed by atoms with Gasteiger partial charge in [0.05, 0.1) is 0 Å². The van der Waals surface area contributed by atoms with Crippen molar-refractivity contribution in [3.8, 4) is 0 Å². The van der Waals surface area contributed by atoms with Gasteiger partial charge in [-0.1, -0.05) is 97.4 Å². The number of hydrogen-bond acceptors (Lipinski definition) is 1. The number of hydrogen-bond donors (Lipinski definition) is 0. The van der Waals surface area contributed by atoms with E-state index >= 15 is 0 Å². The molecular formula is C29H39N. The molecule has 0 radical (unpaired) electrons. The molecule has 160 valence electrons. The molecule has 0 unspecified atom stereocenters. The summed E-state index contributed by atoms with van der Waals surface area (Å²) in [5.74, 6) is 0. The van der Waals surface area contributed by atoms with E-state index in [4.69, 9.17) is 0 Å². The van der Waals surface area contributed by atoms with Gasteiger partial charge in [0.1, 0.15) is 0 Å². The number of benzene rings is 3. The van der Waals surface area contributed by atoms with Gasteiger partial charge in [-0.05, 0) is 65.3 Å². The first kappa shape index (κ1) is 23.7. The van der Waals surface area contributed by atoms with Gasteiger partial charge in [-0.25, -0.2) is 0 Å². The van der Waals surface area contributed by atoms with E-state index in [-0.39, 0.29) is 10.8 Å². The van der Waals surface area contributed by atoms with Crippen molar-refractivity contribution in [1.82, 2.24) is 0 Å². The van der Waals surface area contributed by atoms with Crippen LogP contribution in [0.2, 0.25) is 0 Å². The van der Waals surface area contributed by atoms with Crippen LogP contribution in [0.15, 0.2) is 72.8 Å². The van der Waals surface area contributed by atoms with Gasteiger partial charge < -0.3 is 4.90 Å². The minimum atomic E-state index is 0.154. The van der Waals surface area contributed by atoms with Crippen LogP contribution in [-0.2, 0) is 10.8 Å². The lowest BCUT2D eigenvalue weighted by Gasteiger charge is -2.28. The smallest absolute Gasteiger partial charge is 0.0461 e. The molecule has 0 aromatic heterocycles. The van der Waals surface area contributed by atoms with E-state index in [9.17, 15) is 0 Å². The predicted octanol–water partition coefficient (Wildman–Crippen LogP) is 9.09. The minimum Gasteiger partial charge on any atom is -0.311 e. The first-order valence-electron chi connectivity index (χ1n) is 11.1. The second kappa shape index (κ2) is 9.51. The summed E-state index contributed by atoms with van der Waals surface area (Å²) < 4.78 is 0. The van der Waals surface area contributed by atoms with E-state index in [1.165, 1.54) is 33.8 Å². The molecule has 3 rings (SSSR count). The van der Waals surface area contributed by atoms with Crippen LogP contribution in [0.1, 0.15) is 72.1 Å². The standard InChI is InChI=1S/C27H33N.C2H6/c1-20-8-14-23(15-9-20)28(24-16-10-21(11-17-24)26(2,3)4)25-18-12-22(13-19-25)27(5,6)7;1-2/h8-19H,1-7H3;1-2H3. The maximum Gasteiger partial charge on any atom is 0.0461 e. The topological polar surface area (TPSA) is 3.24 Å². The summed E-state index contributed by atoms with van der Waals surface area (Å²) in [6.07, 6.45) is 0. The van der Waals surface area contributed by atoms with Crippen molar-refractivity contribution in [1.29, 1.82) is 0 Å². The molecule has 0 N–H and O–H groups in total. The second-order valence-corrected chi connectivity index (χ2v) is 9.76. The van der Waals surface area contributed by atoms with Gasteiger partial charge >= 0.3 is 0 Å². The third-order valence-corrected chi connectivity index (χ3v) is 5.28. The van der Waals surface area contributed by atoms with E-state index < -0.39 is 0 Å². The van der Waals surface area contributed by atoms with Gasteiger partial charge in [-0.2, -0.15) is 0 Å². The van der Waals surface area contributed by atoms with Crippen molar-refractivity contribution >= 4 is 17.1 Å². The zero-order chi connectivity index (χ0) is 22.5. The van der Waals surface area contributed by atoms with Gasteiger partial charge in [0.25, 0.3) is 0 Å². The van der Waals surface area contributed by atoms with Crippen LogP contribution < -0.4 is 4.90 Å². The predicted molar refractivity (Wildman–Crippen MR) is 135 cm³/mol. The molecule has 3 aromatic rings. The Morgan fingerprint density at radius 2 is 0.733 bits per heavy atom. The highest BCUT2D eigenvalue weighted by molar-refractivity contribution is 5.76. The molecular weight excluding hydrogens is 362 g/mol. The monoisotopic (exact) mass is 401 g/mol. The van der Waals surface area contributed by atoms with E-state index in [0.29, 0.717) is 0 Å². The minimum absolute atomic E-state index is 0.154. The first-order chi connectivity index (χ1) is 14.1. The lowest BCUT2D eigenvalue weighted by Crippen LogP contribution is -2.14. The Hall–Kier alpha value is -2.54. The largest absolute Gasteiger partial charge is 0.311 e. The van der Waals surface area contributed by atoms with Gasteiger partial charge in [0.2, 0.25) is 0 Å². The molecule has 0 aliphatic rings.